The Morgan fingerprint density at radius 2 is 2.25 bits per heavy atom. The molecule has 1 fully saturated rings. The number of rotatable bonds is 4. The second-order valence-corrected chi connectivity index (χ2v) is 4.47. The lowest BCUT2D eigenvalue weighted by Gasteiger charge is -2.04. The quantitative estimate of drug-likeness (QED) is 0.782. The number of amides is 1. The van der Waals surface area contributed by atoms with Gasteiger partial charge in [0, 0.05) is 19.2 Å². The highest BCUT2D eigenvalue weighted by Crippen LogP contribution is 2.30. The van der Waals surface area contributed by atoms with E-state index in [0.717, 1.165) is 18.2 Å². The molecule has 0 bridgehead atoms. The summed E-state index contributed by atoms with van der Waals surface area (Å²) < 4.78 is 1.90. The Morgan fingerprint density at radius 1 is 1.56 bits per heavy atom. The Balaban J connectivity index is 2.13. The number of aromatic amines is 1. The third-order valence-electron chi connectivity index (χ3n) is 3.00. The van der Waals surface area contributed by atoms with E-state index in [1.807, 2.05) is 11.6 Å². The molecule has 1 aromatic heterocycles. The van der Waals surface area contributed by atoms with Crippen molar-refractivity contribution >= 4 is 5.91 Å². The van der Waals surface area contributed by atoms with Gasteiger partial charge in [-0.3, -0.25) is 19.4 Å². The minimum absolute atomic E-state index is 0.0908. The average Bonchev–Trinajstić information content (AvgIpc) is 2.95. The van der Waals surface area contributed by atoms with Crippen molar-refractivity contribution in [3.63, 3.8) is 0 Å². The zero-order valence-electron chi connectivity index (χ0n) is 9.67. The van der Waals surface area contributed by atoms with E-state index in [0.29, 0.717) is 12.1 Å². The first-order valence-corrected chi connectivity index (χ1v) is 5.60. The van der Waals surface area contributed by atoms with Crippen LogP contribution in [0.3, 0.4) is 0 Å². The van der Waals surface area contributed by atoms with Gasteiger partial charge < -0.3 is 5.32 Å². The van der Waals surface area contributed by atoms with Gasteiger partial charge in [-0.15, -0.1) is 0 Å². The largest absolute Gasteiger partial charge is 0.352 e. The van der Waals surface area contributed by atoms with E-state index in [1.165, 1.54) is 19.8 Å². The molecule has 1 saturated carbocycles. The van der Waals surface area contributed by atoms with Crippen LogP contribution in [0, 0.1) is 12.8 Å². The summed E-state index contributed by atoms with van der Waals surface area (Å²) in [6.07, 6.45) is 2.50. The van der Waals surface area contributed by atoms with Crippen molar-refractivity contribution in [2.24, 2.45) is 5.92 Å². The fourth-order valence-corrected chi connectivity index (χ4v) is 1.76. The molecule has 1 heterocycles. The minimum atomic E-state index is -0.117. The highest BCUT2D eigenvalue weighted by molar-refractivity contribution is 5.72. The van der Waals surface area contributed by atoms with Crippen LogP contribution in [0.25, 0.3) is 0 Å². The first-order valence-electron chi connectivity index (χ1n) is 5.60. The molecule has 0 aromatic carbocycles. The Hall–Kier alpha value is -1.52. The van der Waals surface area contributed by atoms with E-state index in [9.17, 15) is 9.59 Å². The number of nitrogens with zero attached hydrogens (tertiary/aromatic N) is 1. The van der Waals surface area contributed by atoms with Gasteiger partial charge in [0.1, 0.15) is 0 Å². The van der Waals surface area contributed by atoms with Gasteiger partial charge in [0.15, 0.2) is 0 Å². The molecule has 1 amide bonds. The van der Waals surface area contributed by atoms with Gasteiger partial charge in [0.2, 0.25) is 5.91 Å². The molecule has 1 aliphatic rings. The first kappa shape index (κ1) is 11.0. The summed E-state index contributed by atoms with van der Waals surface area (Å²) in [6.45, 7) is 4.57. The van der Waals surface area contributed by atoms with Crippen molar-refractivity contribution in [2.75, 3.05) is 0 Å². The molecule has 0 spiro atoms. The van der Waals surface area contributed by atoms with E-state index in [-0.39, 0.29) is 11.5 Å². The maximum Gasteiger partial charge on any atom is 0.269 e. The van der Waals surface area contributed by atoms with E-state index < -0.39 is 0 Å². The van der Waals surface area contributed by atoms with Crippen LogP contribution in [0.4, 0.5) is 0 Å². The number of hydrogen-bond acceptors (Lipinski definition) is 2. The lowest BCUT2D eigenvalue weighted by atomic mass is 10.2. The molecule has 1 aliphatic carbocycles. The molecule has 0 aliphatic heterocycles. The zero-order valence-corrected chi connectivity index (χ0v) is 9.67. The summed E-state index contributed by atoms with van der Waals surface area (Å²) in [5.74, 6) is 0.601. The maximum absolute atomic E-state index is 11.6. The second kappa shape index (κ2) is 4.15. The summed E-state index contributed by atoms with van der Waals surface area (Å²) in [5.41, 5.74) is 1.51. The molecule has 0 saturated heterocycles. The number of nitrogens with one attached hydrogen (secondary N) is 2. The van der Waals surface area contributed by atoms with Gasteiger partial charge in [0.25, 0.3) is 5.56 Å². The molecular weight excluding hydrogens is 206 g/mol. The van der Waals surface area contributed by atoms with Crippen LogP contribution in [0.15, 0.2) is 4.79 Å². The summed E-state index contributed by atoms with van der Waals surface area (Å²) in [5, 5.41) is 5.47. The van der Waals surface area contributed by atoms with Crippen molar-refractivity contribution in [1.82, 2.24) is 15.1 Å². The third kappa shape index (κ3) is 2.35. The molecule has 0 unspecified atom stereocenters. The molecule has 0 radical (unpaired) electrons. The molecule has 5 nitrogen and oxygen atoms in total. The minimum Gasteiger partial charge on any atom is -0.352 e. The zero-order chi connectivity index (χ0) is 11.7. The fraction of sp³-hybridized carbons (Fsp3) is 0.636. The molecule has 5 heteroatoms. The van der Waals surface area contributed by atoms with Crippen LogP contribution in [0.2, 0.25) is 0 Å². The first-order chi connectivity index (χ1) is 7.58. The van der Waals surface area contributed by atoms with Crippen molar-refractivity contribution in [3.8, 4) is 0 Å². The highest BCUT2D eigenvalue weighted by atomic mass is 16.1. The van der Waals surface area contributed by atoms with Crippen LogP contribution in [0.5, 0.6) is 0 Å². The molecular formula is C11H17N3O2. The maximum atomic E-state index is 11.6. The standard InChI is InChI=1S/C11H17N3O2/c1-7-10(5-12-8(2)15)11(16)13-14(7)6-9-3-4-9/h9H,3-6H2,1-2H3,(H,12,15)(H,13,16). The van der Waals surface area contributed by atoms with Crippen molar-refractivity contribution in [1.29, 1.82) is 0 Å². The van der Waals surface area contributed by atoms with Crippen LogP contribution >= 0.6 is 0 Å². The number of carbonyl (C=O) groups excluding carboxylic acids is 1. The molecule has 2 N–H and O–H groups in total. The van der Waals surface area contributed by atoms with E-state index in [4.69, 9.17) is 0 Å². The van der Waals surface area contributed by atoms with Crippen LogP contribution < -0.4 is 10.9 Å². The Kier molecular flexibility index (Phi) is 2.85. The SMILES string of the molecule is CC(=O)NCc1c(C)n(CC2CC2)[nH]c1=O. The number of H-pyrrole nitrogens is 1. The van der Waals surface area contributed by atoms with Gasteiger partial charge in [-0.05, 0) is 25.7 Å². The highest BCUT2D eigenvalue weighted by Gasteiger charge is 2.23. The number of carbonyl (C=O) groups is 1. The summed E-state index contributed by atoms with van der Waals surface area (Å²) in [7, 11) is 0. The summed E-state index contributed by atoms with van der Waals surface area (Å²) in [4.78, 5) is 22.5. The van der Waals surface area contributed by atoms with Crippen molar-refractivity contribution < 1.29 is 4.79 Å². The monoisotopic (exact) mass is 223 g/mol. The molecule has 0 atom stereocenters. The molecule has 16 heavy (non-hydrogen) atoms. The van der Waals surface area contributed by atoms with Crippen LogP contribution in [-0.2, 0) is 17.9 Å². The summed E-state index contributed by atoms with van der Waals surface area (Å²) >= 11 is 0. The van der Waals surface area contributed by atoms with Crippen molar-refractivity contribution in [3.05, 3.63) is 21.6 Å². The van der Waals surface area contributed by atoms with Gasteiger partial charge in [-0.1, -0.05) is 0 Å². The smallest absolute Gasteiger partial charge is 0.269 e. The molecule has 88 valence electrons. The average molecular weight is 223 g/mol. The molecule has 1 aromatic rings. The van der Waals surface area contributed by atoms with Gasteiger partial charge in [-0.2, -0.15) is 0 Å². The lowest BCUT2D eigenvalue weighted by molar-refractivity contribution is -0.119. The van der Waals surface area contributed by atoms with Crippen molar-refractivity contribution in [2.45, 2.75) is 39.8 Å². The topological polar surface area (TPSA) is 66.9 Å². The predicted molar refractivity (Wildman–Crippen MR) is 60.0 cm³/mol. The van der Waals surface area contributed by atoms with Gasteiger partial charge in [-0.25, -0.2) is 0 Å². The Labute approximate surface area is 93.8 Å². The van der Waals surface area contributed by atoms with E-state index in [1.54, 1.807) is 0 Å². The third-order valence-corrected chi connectivity index (χ3v) is 3.00. The van der Waals surface area contributed by atoms with Crippen LogP contribution in [0.1, 0.15) is 31.0 Å². The number of hydrogen-bond donors (Lipinski definition) is 2. The Morgan fingerprint density at radius 3 is 2.81 bits per heavy atom. The predicted octanol–water partition coefficient (Wildman–Crippen LogP) is 0.531. The second-order valence-electron chi connectivity index (χ2n) is 4.47. The molecule has 2 rings (SSSR count). The number of aromatic nitrogens is 2. The van der Waals surface area contributed by atoms with E-state index >= 15 is 0 Å². The summed E-state index contributed by atoms with van der Waals surface area (Å²) in [6, 6.07) is 0. The van der Waals surface area contributed by atoms with Crippen LogP contribution in [-0.4, -0.2) is 15.7 Å². The Bertz CT molecular complexity index is 454. The normalized spacial score (nSPS) is 15.1. The van der Waals surface area contributed by atoms with Gasteiger partial charge in [0.05, 0.1) is 12.1 Å². The fourth-order valence-electron chi connectivity index (χ4n) is 1.76. The lowest BCUT2D eigenvalue weighted by Crippen LogP contribution is -2.22. The van der Waals surface area contributed by atoms with Gasteiger partial charge >= 0.3 is 0 Å². The van der Waals surface area contributed by atoms with E-state index in [2.05, 4.69) is 10.4 Å².